The van der Waals surface area contributed by atoms with Crippen molar-refractivity contribution in [2.45, 2.75) is 65.6 Å². The van der Waals surface area contributed by atoms with Crippen molar-refractivity contribution in [2.75, 3.05) is 6.61 Å². The average Bonchev–Trinajstić information content (AvgIpc) is 3.56. The van der Waals surface area contributed by atoms with Gasteiger partial charge in [0, 0.05) is 54.6 Å². The van der Waals surface area contributed by atoms with E-state index in [9.17, 15) is 4.39 Å². The number of ether oxygens (including phenoxy) is 1. The maximum atomic E-state index is 15.1. The van der Waals surface area contributed by atoms with Crippen LogP contribution in [0.3, 0.4) is 0 Å². The zero-order chi connectivity index (χ0) is 27.2. The molecule has 4 aromatic rings. The van der Waals surface area contributed by atoms with Gasteiger partial charge in [0.05, 0.1) is 30.2 Å². The third-order valence-corrected chi connectivity index (χ3v) is 7.41. The van der Waals surface area contributed by atoms with Gasteiger partial charge in [0.25, 0.3) is 0 Å². The molecule has 1 aliphatic carbocycles. The molecule has 1 atom stereocenters. The molecule has 3 N–H and O–H groups in total. The molecule has 7 nitrogen and oxygen atoms in total. The summed E-state index contributed by atoms with van der Waals surface area (Å²) in [4.78, 5) is 4.48. The van der Waals surface area contributed by atoms with E-state index in [0.717, 1.165) is 34.4 Å². The fourth-order valence-corrected chi connectivity index (χ4v) is 4.66. The zero-order valence-corrected chi connectivity index (χ0v) is 22.7. The van der Waals surface area contributed by atoms with Crippen LogP contribution in [0.1, 0.15) is 62.3 Å². The third-order valence-electron chi connectivity index (χ3n) is 7.41. The number of pyridine rings is 1. The largest absolute Gasteiger partial charge is 0.489 e. The molecular formula is C29H36F2N6O. The molecule has 202 valence electrons. The van der Waals surface area contributed by atoms with Gasteiger partial charge < -0.3 is 20.2 Å². The first kappa shape index (κ1) is 26.3. The summed E-state index contributed by atoms with van der Waals surface area (Å²) in [6.45, 7) is 9.03. The van der Waals surface area contributed by atoms with Crippen LogP contribution in [0.15, 0.2) is 36.7 Å². The molecular weight excluding hydrogens is 486 g/mol. The number of halogens is 2. The minimum atomic E-state index is -1.00. The van der Waals surface area contributed by atoms with Crippen LogP contribution >= 0.6 is 0 Å². The molecule has 0 radical (unpaired) electrons. The van der Waals surface area contributed by atoms with Crippen LogP contribution in [-0.2, 0) is 20.0 Å². The topological polar surface area (TPSA) is 82.4 Å². The molecule has 1 unspecified atom stereocenters. The number of nitrogens with zero attached hydrogens (tertiary/aromatic N) is 4. The maximum absolute atomic E-state index is 15.1. The summed E-state index contributed by atoms with van der Waals surface area (Å²) in [6.07, 6.45) is 6.59. The summed E-state index contributed by atoms with van der Waals surface area (Å²) in [5, 5.41) is 8.15. The van der Waals surface area contributed by atoms with Crippen LogP contribution in [0.5, 0.6) is 5.75 Å². The highest BCUT2D eigenvalue weighted by Crippen LogP contribution is 2.36. The monoisotopic (exact) mass is 522 g/mol. The quantitative estimate of drug-likeness (QED) is 0.314. The number of nitrogens with two attached hydrogens (primary N) is 1. The lowest BCUT2D eigenvalue weighted by atomic mass is 9.83. The lowest BCUT2D eigenvalue weighted by Crippen LogP contribution is -2.28. The Labute approximate surface area is 222 Å². The van der Waals surface area contributed by atoms with E-state index in [2.05, 4.69) is 36.2 Å². The summed E-state index contributed by atoms with van der Waals surface area (Å²) < 4.78 is 39.2. The first-order valence-electron chi connectivity index (χ1n) is 13.1. The first-order valence-corrected chi connectivity index (χ1v) is 13.1. The summed E-state index contributed by atoms with van der Waals surface area (Å²) in [5.41, 5.74) is 12.1. The van der Waals surface area contributed by atoms with Crippen LogP contribution < -0.4 is 15.8 Å². The van der Waals surface area contributed by atoms with E-state index in [0.29, 0.717) is 30.1 Å². The molecule has 38 heavy (non-hydrogen) atoms. The number of fused-ring (bicyclic) bond motifs is 1. The summed E-state index contributed by atoms with van der Waals surface area (Å²) in [5.74, 6) is -2.06. The zero-order valence-electron chi connectivity index (χ0n) is 22.7. The Morgan fingerprint density at radius 1 is 1.18 bits per heavy atom. The predicted molar refractivity (Wildman–Crippen MR) is 144 cm³/mol. The van der Waals surface area contributed by atoms with Crippen LogP contribution in [0.4, 0.5) is 8.78 Å². The molecule has 0 saturated heterocycles. The average molecular weight is 523 g/mol. The van der Waals surface area contributed by atoms with Gasteiger partial charge >= 0.3 is 0 Å². The Balaban J connectivity index is 1.42. The normalized spacial score (nSPS) is 14.8. The molecule has 3 heterocycles. The predicted octanol–water partition coefficient (Wildman–Crippen LogP) is 5.24. The molecule has 0 bridgehead atoms. The number of hydrogen-bond acceptors (Lipinski definition) is 5. The van der Waals surface area contributed by atoms with Gasteiger partial charge in [-0.05, 0) is 49.4 Å². The number of rotatable bonds is 9. The van der Waals surface area contributed by atoms with Crippen molar-refractivity contribution < 1.29 is 13.5 Å². The van der Waals surface area contributed by atoms with Gasteiger partial charge in [-0.15, -0.1) is 0 Å². The standard InChI is InChI=1S/C29H36F2N6O/c1-17-21(26(35-36(17)5)28(32)29(2,3)4)12-13-38-27-22(9-10-23(30)25(27)31)18-6-11-24-34-15-20(37(24)16-18)14-33-19-7-8-19/h6,9-11,15-16,19,28,33H,7-8,12-14,32H2,1-5H3. The Hall–Kier alpha value is -3.30. The highest BCUT2D eigenvalue weighted by atomic mass is 19.2. The molecule has 0 amide bonds. The van der Waals surface area contributed by atoms with Gasteiger partial charge in [-0.3, -0.25) is 4.68 Å². The third kappa shape index (κ3) is 5.17. The summed E-state index contributed by atoms with van der Waals surface area (Å²) in [6, 6.07) is 6.72. The number of benzene rings is 1. The minimum absolute atomic E-state index is 0.106. The number of nitrogens with one attached hydrogen (secondary N) is 1. The fraction of sp³-hybridized carbons (Fsp3) is 0.448. The lowest BCUT2D eigenvalue weighted by molar-refractivity contribution is 0.295. The molecule has 0 aliphatic heterocycles. The van der Waals surface area contributed by atoms with Crippen LogP contribution in [-0.4, -0.2) is 31.8 Å². The van der Waals surface area contributed by atoms with Crippen molar-refractivity contribution in [3.05, 3.63) is 70.9 Å². The second kappa shape index (κ2) is 10.1. The van der Waals surface area contributed by atoms with E-state index in [1.165, 1.54) is 12.8 Å². The van der Waals surface area contributed by atoms with Crippen LogP contribution in [0.25, 0.3) is 16.8 Å². The molecule has 9 heteroatoms. The Bertz CT molecular complexity index is 1460. The van der Waals surface area contributed by atoms with Gasteiger partial charge in [-0.25, -0.2) is 9.37 Å². The smallest absolute Gasteiger partial charge is 0.201 e. The Kier molecular flexibility index (Phi) is 7.00. The van der Waals surface area contributed by atoms with E-state index in [1.807, 2.05) is 42.9 Å². The van der Waals surface area contributed by atoms with Gasteiger partial charge in [0.1, 0.15) is 5.65 Å². The second-order valence-corrected chi connectivity index (χ2v) is 11.3. The van der Waals surface area contributed by atoms with Crippen molar-refractivity contribution in [3.8, 4) is 16.9 Å². The first-order chi connectivity index (χ1) is 18.0. The van der Waals surface area contributed by atoms with E-state index in [1.54, 1.807) is 10.7 Å². The molecule has 1 aliphatic rings. The van der Waals surface area contributed by atoms with Crippen LogP contribution in [0, 0.1) is 24.0 Å². The van der Waals surface area contributed by atoms with Crippen molar-refractivity contribution in [1.29, 1.82) is 0 Å². The van der Waals surface area contributed by atoms with Gasteiger partial charge in [-0.2, -0.15) is 9.49 Å². The number of aromatic nitrogens is 4. The Morgan fingerprint density at radius 3 is 2.66 bits per heavy atom. The van der Waals surface area contributed by atoms with E-state index in [-0.39, 0.29) is 23.8 Å². The van der Waals surface area contributed by atoms with Gasteiger partial charge in [0.15, 0.2) is 11.6 Å². The van der Waals surface area contributed by atoms with Crippen molar-refractivity contribution in [1.82, 2.24) is 24.5 Å². The van der Waals surface area contributed by atoms with Crippen molar-refractivity contribution >= 4 is 5.65 Å². The molecule has 3 aromatic heterocycles. The SMILES string of the molecule is Cc1c(CCOc2c(-c3ccc4ncc(CNC5CC5)n4c3)ccc(F)c2F)c(C(N)C(C)(C)C)nn1C. The number of hydrogen-bond donors (Lipinski definition) is 2. The van der Waals surface area contributed by atoms with E-state index >= 15 is 4.39 Å². The highest BCUT2D eigenvalue weighted by Gasteiger charge is 2.29. The minimum Gasteiger partial charge on any atom is -0.489 e. The summed E-state index contributed by atoms with van der Waals surface area (Å²) >= 11 is 0. The number of imidazole rings is 1. The number of aryl methyl sites for hydroxylation is 1. The van der Waals surface area contributed by atoms with Gasteiger partial charge in [0.2, 0.25) is 5.82 Å². The van der Waals surface area contributed by atoms with Crippen LogP contribution in [0.2, 0.25) is 0 Å². The summed E-state index contributed by atoms with van der Waals surface area (Å²) in [7, 11) is 1.88. The maximum Gasteiger partial charge on any atom is 0.201 e. The highest BCUT2D eigenvalue weighted by molar-refractivity contribution is 5.71. The molecule has 1 aromatic carbocycles. The molecule has 5 rings (SSSR count). The second-order valence-electron chi connectivity index (χ2n) is 11.3. The van der Waals surface area contributed by atoms with E-state index in [4.69, 9.17) is 10.5 Å². The van der Waals surface area contributed by atoms with Gasteiger partial charge in [-0.1, -0.05) is 20.8 Å². The molecule has 1 fully saturated rings. The van der Waals surface area contributed by atoms with Crippen molar-refractivity contribution in [3.63, 3.8) is 0 Å². The lowest BCUT2D eigenvalue weighted by Gasteiger charge is -2.26. The molecule has 0 spiro atoms. The van der Waals surface area contributed by atoms with E-state index < -0.39 is 11.6 Å². The Morgan fingerprint density at radius 2 is 1.95 bits per heavy atom. The fourth-order valence-electron chi connectivity index (χ4n) is 4.66. The molecule has 1 saturated carbocycles. The van der Waals surface area contributed by atoms with Crippen molar-refractivity contribution in [2.24, 2.45) is 18.2 Å².